The van der Waals surface area contributed by atoms with E-state index in [0.29, 0.717) is 29.2 Å². The number of esters is 1. The number of carbonyl (C=O) groups excluding carboxylic acids is 3. The number of rotatable bonds is 10. The Hall–Kier alpha value is -4.52. The van der Waals surface area contributed by atoms with E-state index in [2.05, 4.69) is 10.3 Å². The van der Waals surface area contributed by atoms with Crippen LogP contribution in [0, 0.1) is 0 Å². The van der Waals surface area contributed by atoms with Gasteiger partial charge in [-0.1, -0.05) is 23.9 Å². The van der Waals surface area contributed by atoms with Crippen molar-refractivity contribution in [2.45, 2.75) is 31.2 Å². The van der Waals surface area contributed by atoms with E-state index in [1.54, 1.807) is 19.1 Å². The Labute approximate surface area is 256 Å². The Balaban J connectivity index is 1.57. The summed E-state index contributed by atoms with van der Waals surface area (Å²) in [6.45, 7) is 2.07. The van der Waals surface area contributed by atoms with Gasteiger partial charge in [0.2, 0.25) is 11.8 Å². The van der Waals surface area contributed by atoms with Crippen LogP contribution >= 0.6 is 11.8 Å². The lowest BCUT2D eigenvalue weighted by molar-refractivity contribution is -0.137. The van der Waals surface area contributed by atoms with Crippen LogP contribution in [0.25, 0.3) is 0 Å². The number of hydrogen-bond donors (Lipinski definition) is 1. The molecular formula is C31H30F3N3O6S. The molecule has 0 bridgehead atoms. The van der Waals surface area contributed by atoms with Crippen molar-refractivity contribution < 1.29 is 41.8 Å². The SMILES string of the molecule is CCOC(=O)c1ccc(NC(=O)[C@@H]2CC(=O)N(CCc3ccc(OC)c(OC)c3)C(=Nc3cccc(C(F)(F)F)c3)S2)cc1. The van der Waals surface area contributed by atoms with Gasteiger partial charge < -0.3 is 19.5 Å². The maximum Gasteiger partial charge on any atom is 0.416 e. The highest BCUT2D eigenvalue weighted by molar-refractivity contribution is 8.15. The molecule has 3 aromatic rings. The normalized spacial score (nSPS) is 16.0. The van der Waals surface area contributed by atoms with Crippen LogP contribution in [0.4, 0.5) is 24.5 Å². The molecule has 0 aromatic heterocycles. The van der Waals surface area contributed by atoms with E-state index in [9.17, 15) is 27.6 Å². The smallest absolute Gasteiger partial charge is 0.416 e. The molecule has 1 aliphatic heterocycles. The molecule has 0 radical (unpaired) electrons. The zero-order chi connectivity index (χ0) is 31.9. The average Bonchev–Trinajstić information content (AvgIpc) is 3.00. The fourth-order valence-electron chi connectivity index (χ4n) is 4.33. The first kappa shape index (κ1) is 32.4. The predicted octanol–water partition coefficient (Wildman–Crippen LogP) is 6.10. The maximum atomic E-state index is 13.4. The molecule has 1 aliphatic rings. The summed E-state index contributed by atoms with van der Waals surface area (Å²) in [6.07, 6.45) is -4.37. The maximum absolute atomic E-state index is 13.4. The number of nitrogens with one attached hydrogen (secondary N) is 1. The second kappa shape index (κ2) is 14.3. The van der Waals surface area contributed by atoms with Gasteiger partial charge in [0.15, 0.2) is 16.7 Å². The number of thioether (sulfide) groups is 1. The van der Waals surface area contributed by atoms with E-state index < -0.39 is 34.8 Å². The van der Waals surface area contributed by atoms with Crippen molar-refractivity contribution in [2.75, 3.05) is 32.7 Å². The molecule has 44 heavy (non-hydrogen) atoms. The van der Waals surface area contributed by atoms with Crippen molar-refractivity contribution in [3.05, 3.63) is 83.4 Å². The van der Waals surface area contributed by atoms with Gasteiger partial charge in [0, 0.05) is 18.7 Å². The molecule has 0 saturated carbocycles. The Kier molecular flexibility index (Phi) is 10.5. The number of ether oxygens (including phenoxy) is 3. The lowest BCUT2D eigenvalue weighted by atomic mass is 10.1. The minimum atomic E-state index is -4.58. The summed E-state index contributed by atoms with van der Waals surface area (Å²) in [5.74, 6) is -0.357. The van der Waals surface area contributed by atoms with Crippen molar-refractivity contribution in [3.63, 3.8) is 0 Å². The standard InChI is InChI=1S/C31H30F3N3O6S/c1-4-43-29(40)20-9-11-22(12-10-20)35-28(39)26-18-27(38)37(15-14-19-8-13-24(41-2)25(16-19)42-3)30(44-26)36-23-7-5-6-21(17-23)31(32,33)34/h5-13,16-17,26H,4,14-15,18H2,1-3H3,(H,35,39)/t26-/m0/s1. The van der Waals surface area contributed by atoms with Crippen molar-refractivity contribution in [1.82, 2.24) is 4.90 Å². The van der Waals surface area contributed by atoms with Gasteiger partial charge >= 0.3 is 12.1 Å². The minimum absolute atomic E-state index is 0.0122. The molecule has 1 N–H and O–H groups in total. The number of carbonyl (C=O) groups is 3. The highest BCUT2D eigenvalue weighted by atomic mass is 32.2. The van der Waals surface area contributed by atoms with Crippen LogP contribution in [0.15, 0.2) is 71.7 Å². The molecular weight excluding hydrogens is 599 g/mol. The Bertz CT molecular complexity index is 1550. The summed E-state index contributed by atoms with van der Waals surface area (Å²) in [5, 5.41) is 1.92. The molecule has 1 saturated heterocycles. The Morgan fingerprint density at radius 2 is 1.75 bits per heavy atom. The van der Waals surface area contributed by atoms with Gasteiger partial charge in [-0.15, -0.1) is 0 Å². The minimum Gasteiger partial charge on any atom is -0.493 e. The number of benzene rings is 3. The molecule has 9 nitrogen and oxygen atoms in total. The number of methoxy groups -OCH3 is 2. The summed E-state index contributed by atoms with van der Waals surface area (Å²) in [7, 11) is 3.02. The number of alkyl halides is 3. The molecule has 13 heteroatoms. The van der Waals surface area contributed by atoms with E-state index in [0.717, 1.165) is 29.5 Å². The summed E-state index contributed by atoms with van der Waals surface area (Å²) in [5.41, 5.74) is 0.631. The molecule has 2 amide bonds. The fourth-order valence-corrected chi connectivity index (χ4v) is 5.45. The number of amides is 2. The highest BCUT2D eigenvalue weighted by Crippen LogP contribution is 2.34. The number of aliphatic imine (C=N–C) groups is 1. The molecule has 1 fully saturated rings. The lowest BCUT2D eigenvalue weighted by Gasteiger charge is -2.32. The van der Waals surface area contributed by atoms with Crippen LogP contribution in [0.5, 0.6) is 11.5 Å². The molecule has 3 aromatic carbocycles. The second-order valence-electron chi connectivity index (χ2n) is 9.52. The highest BCUT2D eigenvalue weighted by Gasteiger charge is 2.36. The van der Waals surface area contributed by atoms with Crippen molar-refractivity contribution >= 4 is 46.1 Å². The van der Waals surface area contributed by atoms with Gasteiger partial charge in [0.25, 0.3) is 0 Å². The Morgan fingerprint density at radius 1 is 1.02 bits per heavy atom. The van der Waals surface area contributed by atoms with Crippen LogP contribution in [0.2, 0.25) is 0 Å². The van der Waals surface area contributed by atoms with E-state index in [1.807, 2.05) is 6.07 Å². The monoisotopic (exact) mass is 629 g/mol. The third-order valence-corrected chi connectivity index (χ3v) is 7.75. The topological polar surface area (TPSA) is 107 Å². The molecule has 232 valence electrons. The zero-order valence-corrected chi connectivity index (χ0v) is 25.0. The molecule has 4 rings (SSSR count). The van der Waals surface area contributed by atoms with Gasteiger partial charge in [0.1, 0.15) is 5.25 Å². The zero-order valence-electron chi connectivity index (χ0n) is 24.1. The summed E-state index contributed by atoms with van der Waals surface area (Å²) in [6, 6.07) is 15.8. The first-order valence-corrected chi connectivity index (χ1v) is 14.4. The first-order valence-electron chi connectivity index (χ1n) is 13.5. The van der Waals surface area contributed by atoms with Gasteiger partial charge in [-0.2, -0.15) is 13.2 Å². The van der Waals surface area contributed by atoms with Crippen molar-refractivity contribution in [3.8, 4) is 11.5 Å². The number of amidine groups is 1. The van der Waals surface area contributed by atoms with Crippen LogP contribution in [0.1, 0.15) is 34.8 Å². The van der Waals surface area contributed by atoms with Crippen LogP contribution in [-0.2, 0) is 26.9 Å². The van der Waals surface area contributed by atoms with Crippen LogP contribution in [0.3, 0.4) is 0 Å². The summed E-state index contributed by atoms with van der Waals surface area (Å²) >= 11 is 0.985. The third-order valence-electron chi connectivity index (χ3n) is 6.57. The average molecular weight is 630 g/mol. The summed E-state index contributed by atoms with van der Waals surface area (Å²) in [4.78, 5) is 44.3. The number of halogens is 3. The molecule has 0 spiro atoms. The van der Waals surface area contributed by atoms with Crippen molar-refractivity contribution in [2.24, 2.45) is 4.99 Å². The van der Waals surface area contributed by atoms with Crippen LogP contribution in [-0.4, -0.2) is 60.5 Å². The van der Waals surface area contributed by atoms with Gasteiger partial charge in [0.05, 0.1) is 37.6 Å². The molecule has 0 unspecified atom stereocenters. The number of nitrogens with zero attached hydrogens (tertiary/aromatic N) is 2. The van der Waals surface area contributed by atoms with Gasteiger partial charge in [-0.05, 0) is 73.5 Å². The van der Waals surface area contributed by atoms with Crippen molar-refractivity contribution in [1.29, 1.82) is 0 Å². The largest absolute Gasteiger partial charge is 0.493 e. The Morgan fingerprint density at radius 3 is 2.41 bits per heavy atom. The van der Waals surface area contributed by atoms with Crippen LogP contribution < -0.4 is 14.8 Å². The van der Waals surface area contributed by atoms with E-state index >= 15 is 0 Å². The second-order valence-corrected chi connectivity index (χ2v) is 10.7. The van der Waals surface area contributed by atoms with E-state index in [-0.39, 0.29) is 30.4 Å². The number of hydrogen-bond acceptors (Lipinski definition) is 8. The molecule has 1 heterocycles. The van der Waals surface area contributed by atoms with E-state index in [1.165, 1.54) is 55.5 Å². The van der Waals surface area contributed by atoms with E-state index in [4.69, 9.17) is 14.2 Å². The summed E-state index contributed by atoms with van der Waals surface area (Å²) < 4.78 is 55.7. The predicted molar refractivity (Wildman–Crippen MR) is 161 cm³/mol. The number of anilines is 1. The quantitative estimate of drug-likeness (QED) is 0.270. The lowest BCUT2D eigenvalue weighted by Crippen LogP contribution is -2.46. The van der Waals surface area contributed by atoms with Gasteiger partial charge in [-0.25, -0.2) is 9.79 Å². The molecule has 1 atom stereocenters. The first-order chi connectivity index (χ1) is 21.0. The fraction of sp³-hybridized carbons (Fsp3) is 0.290. The third kappa shape index (κ3) is 8.10. The molecule has 0 aliphatic carbocycles. The van der Waals surface area contributed by atoms with Gasteiger partial charge in [-0.3, -0.25) is 14.5 Å².